The van der Waals surface area contributed by atoms with Gasteiger partial charge in [0, 0.05) is 23.5 Å². The SMILES string of the molecule is CC[C@H](C)[C@H](NC(=O)[C@@H](N)Cc1c[nH]c2ccccc12)C(=O)N[C@H](C(=O)N[C@@H](C)C(=O)N[C@@H](Cc1ccc(O)cc1)C(=O)O)[C@@H](C)O. The molecule has 0 fully saturated rings. The number of para-hydroxylation sites is 1. The number of phenolic OH excluding ortho intramolecular Hbond substituents is 1. The van der Waals surface area contributed by atoms with Gasteiger partial charge in [-0.3, -0.25) is 19.2 Å². The second-order valence-electron chi connectivity index (χ2n) is 11.8. The molecule has 47 heavy (non-hydrogen) atoms. The average Bonchev–Trinajstić information content (AvgIpc) is 3.44. The van der Waals surface area contributed by atoms with Crippen LogP contribution in [0.2, 0.25) is 0 Å². The summed E-state index contributed by atoms with van der Waals surface area (Å²) in [5.74, 6) is -4.68. The highest BCUT2D eigenvalue weighted by molar-refractivity contribution is 5.96. The van der Waals surface area contributed by atoms with E-state index in [1.54, 1.807) is 13.1 Å². The smallest absolute Gasteiger partial charge is 0.326 e. The Hall–Kier alpha value is -4.95. The van der Waals surface area contributed by atoms with E-state index in [9.17, 15) is 39.3 Å². The number of carbonyl (C=O) groups excluding carboxylic acids is 4. The first kappa shape index (κ1) is 36.5. The largest absolute Gasteiger partial charge is 0.508 e. The minimum Gasteiger partial charge on any atom is -0.508 e. The van der Waals surface area contributed by atoms with E-state index in [1.165, 1.54) is 38.1 Å². The standard InChI is InChI=1S/C33H44N6O8/c1-5-17(2)27(38-30(43)24(34)15-21-16-35-25-9-7-6-8-23(21)25)31(44)39-28(19(4)40)32(45)36-18(3)29(42)37-26(33(46)47)14-20-10-12-22(41)13-11-20/h6-13,16-19,24,26-28,35,40-41H,5,14-15,34H2,1-4H3,(H,36,45)(H,37,42)(H,38,43)(H,39,44)(H,46,47)/t17-,18-,19+,24-,26-,27-,28-/m0/s1. The number of aromatic nitrogens is 1. The Morgan fingerprint density at radius 3 is 2.04 bits per heavy atom. The molecule has 7 atom stereocenters. The number of rotatable bonds is 16. The van der Waals surface area contributed by atoms with Gasteiger partial charge < -0.3 is 47.3 Å². The number of amides is 4. The summed E-state index contributed by atoms with van der Waals surface area (Å²) in [5, 5.41) is 40.3. The van der Waals surface area contributed by atoms with Crippen molar-refractivity contribution in [3.63, 3.8) is 0 Å². The van der Waals surface area contributed by atoms with Gasteiger partial charge >= 0.3 is 5.97 Å². The van der Waals surface area contributed by atoms with Crippen molar-refractivity contribution in [3.05, 3.63) is 65.9 Å². The van der Waals surface area contributed by atoms with E-state index in [0.717, 1.165) is 16.5 Å². The van der Waals surface area contributed by atoms with Crippen molar-refractivity contribution >= 4 is 40.5 Å². The van der Waals surface area contributed by atoms with E-state index in [1.807, 2.05) is 31.2 Å². The Labute approximate surface area is 272 Å². The highest BCUT2D eigenvalue weighted by Gasteiger charge is 2.34. The Bertz CT molecular complexity index is 1560. The number of nitrogens with one attached hydrogen (secondary N) is 5. The lowest BCUT2D eigenvalue weighted by atomic mass is 9.96. The molecule has 2 aromatic carbocycles. The van der Waals surface area contributed by atoms with E-state index in [-0.39, 0.29) is 24.5 Å². The summed E-state index contributed by atoms with van der Waals surface area (Å²) >= 11 is 0. The molecule has 0 unspecified atom stereocenters. The number of aliphatic hydroxyl groups excluding tert-OH is 1. The maximum absolute atomic E-state index is 13.4. The van der Waals surface area contributed by atoms with Gasteiger partial charge in [-0.1, -0.05) is 50.6 Å². The number of H-pyrrole nitrogens is 1. The number of carboxylic acids is 1. The van der Waals surface area contributed by atoms with Crippen molar-refractivity contribution in [2.45, 2.75) is 83.3 Å². The van der Waals surface area contributed by atoms with Gasteiger partial charge in [0.05, 0.1) is 12.1 Å². The Balaban J connectivity index is 1.63. The maximum atomic E-state index is 13.4. The van der Waals surface area contributed by atoms with E-state index in [0.29, 0.717) is 12.0 Å². The number of aromatic hydroxyl groups is 1. The van der Waals surface area contributed by atoms with Crippen LogP contribution in [-0.4, -0.2) is 86.2 Å². The van der Waals surface area contributed by atoms with Crippen LogP contribution in [0.1, 0.15) is 45.2 Å². The van der Waals surface area contributed by atoms with E-state index in [2.05, 4.69) is 26.3 Å². The molecule has 0 saturated heterocycles. The normalized spacial score (nSPS) is 15.7. The number of carboxylic acid groups (broad SMARTS) is 1. The van der Waals surface area contributed by atoms with Crippen molar-refractivity contribution in [1.82, 2.24) is 26.3 Å². The summed E-state index contributed by atoms with van der Waals surface area (Å²) in [4.78, 5) is 67.4. The number of phenols is 1. The Morgan fingerprint density at radius 2 is 1.43 bits per heavy atom. The third-order valence-electron chi connectivity index (χ3n) is 8.05. The van der Waals surface area contributed by atoms with Gasteiger partial charge in [-0.05, 0) is 55.5 Å². The number of carbonyl (C=O) groups is 5. The van der Waals surface area contributed by atoms with Crippen LogP contribution in [0, 0.1) is 5.92 Å². The zero-order valence-electron chi connectivity index (χ0n) is 26.8. The predicted molar refractivity (Wildman–Crippen MR) is 174 cm³/mol. The van der Waals surface area contributed by atoms with E-state index >= 15 is 0 Å². The van der Waals surface area contributed by atoms with Gasteiger partial charge in [0.15, 0.2) is 0 Å². The first-order chi connectivity index (χ1) is 22.2. The fourth-order valence-corrected chi connectivity index (χ4v) is 4.97. The lowest BCUT2D eigenvalue weighted by Gasteiger charge is -2.29. The van der Waals surface area contributed by atoms with Crippen molar-refractivity contribution in [1.29, 1.82) is 0 Å². The molecule has 1 heterocycles. The highest BCUT2D eigenvalue weighted by Crippen LogP contribution is 2.19. The Kier molecular flexibility index (Phi) is 12.9. The minimum atomic E-state index is -1.51. The molecule has 3 rings (SSSR count). The summed E-state index contributed by atoms with van der Waals surface area (Å²) in [6.45, 7) is 6.18. The molecular formula is C33H44N6O8. The number of aliphatic hydroxyl groups is 1. The number of hydrogen-bond donors (Lipinski definition) is 9. The van der Waals surface area contributed by atoms with Gasteiger partial charge in [-0.2, -0.15) is 0 Å². The zero-order chi connectivity index (χ0) is 34.8. The number of fused-ring (bicyclic) bond motifs is 1. The third-order valence-corrected chi connectivity index (χ3v) is 8.05. The molecule has 254 valence electrons. The van der Waals surface area contributed by atoms with Gasteiger partial charge in [0.2, 0.25) is 23.6 Å². The first-order valence-corrected chi connectivity index (χ1v) is 15.4. The summed E-state index contributed by atoms with van der Waals surface area (Å²) in [5.41, 5.74) is 8.51. The first-order valence-electron chi connectivity index (χ1n) is 15.4. The topological polar surface area (TPSA) is 236 Å². The molecule has 10 N–H and O–H groups in total. The van der Waals surface area contributed by atoms with Crippen LogP contribution < -0.4 is 27.0 Å². The third kappa shape index (κ3) is 10.0. The molecule has 3 aromatic rings. The van der Waals surface area contributed by atoms with Crippen molar-refractivity contribution in [2.75, 3.05) is 0 Å². The number of nitrogens with two attached hydrogens (primary N) is 1. The van der Waals surface area contributed by atoms with Crippen LogP contribution in [0.25, 0.3) is 10.9 Å². The van der Waals surface area contributed by atoms with E-state index in [4.69, 9.17) is 5.73 Å². The monoisotopic (exact) mass is 652 g/mol. The highest BCUT2D eigenvalue weighted by atomic mass is 16.4. The van der Waals surface area contributed by atoms with Gasteiger partial charge in [0.1, 0.15) is 29.9 Å². The molecule has 14 nitrogen and oxygen atoms in total. The molecular weight excluding hydrogens is 608 g/mol. The molecule has 0 aliphatic carbocycles. The number of aromatic amines is 1. The Morgan fingerprint density at radius 1 is 0.809 bits per heavy atom. The van der Waals surface area contributed by atoms with Crippen LogP contribution >= 0.6 is 0 Å². The summed E-state index contributed by atoms with van der Waals surface area (Å²) < 4.78 is 0. The fourth-order valence-electron chi connectivity index (χ4n) is 4.97. The molecule has 4 amide bonds. The lowest BCUT2D eigenvalue weighted by molar-refractivity contribution is -0.142. The molecule has 1 aromatic heterocycles. The maximum Gasteiger partial charge on any atom is 0.326 e. The molecule has 0 saturated carbocycles. The van der Waals surface area contributed by atoms with Crippen LogP contribution in [0.5, 0.6) is 5.75 Å². The van der Waals surface area contributed by atoms with Crippen molar-refractivity contribution < 1.29 is 39.3 Å². The van der Waals surface area contributed by atoms with E-state index < -0.39 is 65.9 Å². The molecule has 14 heteroatoms. The number of benzene rings is 2. The van der Waals surface area contributed by atoms with Gasteiger partial charge in [0.25, 0.3) is 0 Å². The van der Waals surface area contributed by atoms with Gasteiger partial charge in [-0.15, -0.1) is 0 Å². The quantitative estimate of drug-likeness (QED) is 0.104. The molecule has 0 aliphatic heterocycles. The number of aliphatic carboxylic acids is 1. The second kappa shape index (κ2) is 16.6. The minimum absolute atomic E-state index is 0.00336. The predicted octanol–water partition coefficient (Wildman–Crippen LogP) is 0.457. The lowest BCUT2D eigenvalue weighted by Crippen LogP contribution is -2.61. The number of hydrogen-bond acceptors (Lipinski definition) is 8. The van der Waals surface area contributed by atoms with Crippen molar-refractivity contribution in [2.24, 2.45) is 11.7 Å². The fraction of sp³-hybridized carbons (Fsp3) is 0.424. The summed E-state index contributed by atoms with van der Waals surface area (Å²) in [6, 6.07) is 7.25. The summed E-state index contributed by atoms with van der Waals surface area (Å²) in [6.07, 6.45) is 1.01. The van der Waals surface area contributed by atoms with Crippen LogP contribution in [0.15, 0.2) is 54.7 Å². The molecule has 0 radical (unpaired) electrons. The zero-order valence-corrected chi connectivity index (χ0v) is 26.8. The van der Waals surface area contributed by atoms with Crippen LogP contribution in [0.3, 0.4) is 0 Å². The van der Waals surface area contributed by atoms with Gasteiger partial charge in [-0.25, -0.2) is 4.79 Å². The second-order valence-corrected chi connectivity index (χ2v) is 11.8. The average molecular weight is 653 g/mol. The van der Waals surface area contributed by atoms with Crippen LogP contribution in [-0.2, 0) is 36.8 Å². The molecule has 0 spiro atoms. The molecule has 0 aliphatic rings. The van der Waals surface area contributed by atoms with Crippen LogP contribution in [0.4, 0.5) is 0 Å². The summed E-state index contributed by atoms with van der Waals surface area (Å²) in [7, 11) is 0. The van der Waals surface area contributed by atoms with Crippen molar-refractivity contribution in [3.8, 4) is 5.75 Å². The molecule has 0 bridgehead atoms.